The van der Waals surface area contributed by atoms with Gasteiger partial charge in [-0.05, 0) is 18.6 Å². The summed E-state index contributed by atoms with van der Waals surface area (Å²) in [5, 5.41) is 17.4. The predicted molar refractivity (Wildman–Crippen MR) is 34.4 cm³/mol. The number of halogens is 2. The molecule has 0 spiro atoms. The zero-order valence-electron chi connectivity index (χ0n) is 5.73. The van der Waals surface area contributed by atoms with Crippen molar-refractivity contribution in [2.45, 2.75) is 6.92 Å². The smallest absolute Gasteiger partial charge is 0.209 e. The molecule has 60 valence electrons. The Morgan fingerprint density at radius 2 is 1.73 bits per heavy atom. The fourth-order valence-electron chi connectivity index (χ4n) is 0.717. The summed E-state index contributed by atoms with van der Waals surface area (Å²) in [6, 6.07) is 0.855. The summed E-state index contributed by atoms with van der Waals surface area (Å²) >= 11 is 0. The second kappa shape index (κ2) is 2.38. The standard InChI is InChI=1S/C7H6F2O2/c1-3-2-4(8)7(11)5(9)6(3)10/h2,10-11H,1H3. The molecule has 0 heterocycles. The second-order valence-corrected chi connectivity index (χ2v) is 2.19. The van der Waals surface area contributed by atoms with Crippen molar-refractivity contribution < 1.29 is 19.0 Å². The van der Waals surface area contributed by atoms with E-state index in [9.17, 15) is 8.78 Å². The van der Waals surface area contributed by atoms with Gasteiger partial charge in [-0.25, -0.2) is 4.39 Å². The van der Waals surface area contributed by atoms with Gasteiger partial charge in [-0.2, -0.15) is 4.39 Å². The number of hydrogen-bond acceptors (Lipinski definition) is 2. The van der Waals surface area contributed by atoms with E-state index >= 15 is 0 Å². The van der Waals surface area contributed by atoms with Crippen LogP contribution in [0.4, 0.5) is 8.78 Å². The van der Waals surface area contributed by atoms with E-state index in [1.165, 1.54) is 6.92 Å². The number of phenolic OH excluding ortho intramolecular Hbond substituents is 2. The molecule has 2 N–H and O–H groups in total. The topological polar surface area (TPSA) is 40.5 Å². The average molecular weight is 160 g/mol. The summed E-state index contributed by atoms with van der Waals surface area (Å²) in [6.45, 7) is 1.33. The molecule has 0 unspecified atom stereocenters. The normalized spacial score (nSPS) is 10.1. The molecule has 4 heteroatoms. The lowest BCUT2D eigenvalue weighted by atomic mass is 10.2. The van der Waals surface area contributed by atoms with Crippen molar-refractivity contribution in [3.63, 3.8) is 0 Å². The predicted octanol–water partition coefficient (Wildman–Crippen LogP) is 1.68. The van der Waals surface area contributed by atoms with Crippen LogP contribution >= 0.6 is 0 Å². The third-order valence-corrected chi connectivity index (χ3v) is 1.36. The molecule has 1 rings (SSSR count). The van der Waals surface area contributed by atoms with Crippen LogP contribution in [0.3, 0.4) is 0 Å². The van der Waals surface area contributed by atoms with Gasteiger partial charge in [-0.1, -0.05) is 0 Å². The van der Waals surface area contributed by atoms with Crippen LogP contribution in [0.5, 0.6) is 11.5 Å². The molecule has 0 aromatic heterocycles. The maximum absolute atomic E-state index is 12.5. The van der Waals surface area contributed by atoms with E-state index in [0.29, 0.717) is 0 Å². The highest BCUT2D eigenvalue weighted by Crippen LogP contribution is 2.30. The Labute approximate surface area is 61.7 Å². The van der Waals surface area contributed by atoms with Crippen molar-refractivity contribution in [1.82, 2.24) is 0 Å². The second-order valence-electron chi connectivity index (χ2n) is 2.19. The van der Waals surface area contributed by atoms with Gasteiger partial charge >= 0.3 is 0 Å². The molecule has 2 nitrogen and oxygen atoms in total. The van der Waals surface area contributed by atoms with Gasteiger partial charge < -0.3 is 10.2 Å². The Bertz CT molecular complexity index is 271. The highest BCUT2D eigenvalue weighted by Gasteiger charge is 2.14. The monoisotopic (exact) mass is 160 g/mol. The molecule has 0 aliphatic rings. The lowest BCUT2D eigenvalue weighted by molar-refractivity contribution is 0.364. The molecule has 0 amide bonds. The summed E-state index contributed by atoms with van der Waals surface area (Å²) in [5.41, 5.74) is 0.0535. The zero-order chi connectivity index (χ0) is 8.59. The first kappa shape index (κ1) is 7.78. The van der Waals surface area contributed by atoms with E-state index < -0.39 is 23.1 Å². The fraction of sp³-hybridized carbons (Fsp3) is 0.143. The van der Waals surface area contributed by atoms with Crippen molar-refractivity contribution in [2.24, 2.45) is 0 Å². The molecule has 0 saturated carbocycles. The Morgan fingerprint density at radius 1 is 1.18 bits per heavy atom. The Balaban J connectivity index is 3.46. The number of hydrogen-bond donors (Lipinski definition) is 2. The molecule has 1 aromatic carbocycles. The Hall–Kier alpha value is -1.32. The van der Waals surface area contributed by atoms with Crippen molar-refractivity contribution in [2.75, 3.05) is 0 Å². The first-order valence-corrected chi connectivity index (χ1v) is 2.90. The molecule has 0 saturated heterocycles. The van der Waals surface area contributed by atoms with Gasteiger partial charge in [0.15, 0.2) is 17.3 Å². The summed E-state index contributed by atoms with van der Waals surface area (Å²) in [4.78, 5) is 0. The van der Waals surface area contributed by atoms with E-state index in [-0.39, 0.29) is 5.56 Å². The number of rotatable bonds is 0. The molecular formula is C7H6F2O2. The molecule has 0 aliphatic carbocycles. The van der Waals surface area contributed by atoms with E-state index in [1.807, 2.05) is 0 Å². The van der Waals surface area contributed by atoms with Gasteiger partial charge in [0.25, 0.3) is 0 Å². The van der Waals surface area contributed by atoms with Gasteiger partial charge in [0.1, 0.15) is 0 Å². The molecule has 0 radical (unpaired) electrons. The molecule has 11 heavy (non-hydrogen) atoms. The number of aromatic hydroxyl groups is 2. The lowest BCUT2D eigenvalue weighted by Gasteiger charge is -2.02. The maximum atomic E-state index is 12.5. The molecule has 0 atom stereocenters. The van der Waals surface area contributed by atoms with Crippen molar-refractivity contribution in [3.8, 4) is 11.5 Å². The average Bonchev–Trinajstić information content (AvgIpc) is 1.97. The maximum Gasteiger partial charge on any atom is 0.209 e. The van der Waals surface area contributed by atoms with E-state index in [0.717, 1.165) is 6.07 Å². The third-order valence-electron chi connectivity index (χ3n) is 1.36. The molecular weight excluding hydrogens is 154 g/mol. The van der Waals surface area contributed by atoms with Crippen LogP contribution in [-0.4, -0.2) is 10.2 Å². The van der Waals surface area contributed by atoms with Crippen LogP contribution in [0, 0.1) is 18.6 Å². The van der Waals surface area contributed by atoms with Crippen LogP contribution < -0.4 is 0 Å². The van der Waals surface area contributed by atoms with Gasteiger partial charge in [-0.3, -0.25) is 0 Å². The summed E-state index contributed by atoms with van der Waals surface area (Å²) in [7, 11) is 0. The van der Waals surface area contributed by atoms with Crippen LogP contribution in [-0.2, 0) is 0 Å². The van der Waals surface area contributed by atoms with Crippen LogP contribution in [0.25, 0.3) is 0 Å². The largest absolute Gasteiger partial charge is 0.505 e. The summed E-state index contributed by atoms with van der Waals surface area (Å²) in [5.74, 6) is -4.25. The molecule has 0 fully saturated rings. The minimum Gasteiger partial charge on any atom is -0.505 e. The first-order valence-electron chi connectivity index (χ1n) is 2.90. The Kier molecular flexibility index (Phi) is 1.68. The van der Waals surface area contributed by atoms with Gasteiger partial charge in [0, 0.05) is 0 Å². The molecule has 0 aliphatic heterocycles. The lowest BCUT2D eigenvalue weighted by Crippen LogP contribution is -1.86. The van der Waals surface area contributed by atoms with E-state index in [4.69, 9.17) is 10.2 Å². The molecule has 1 aromatic rings. The first-order chi connectivity index (χ1) is 5.04. The SMILES string of the molecule is Cc1cc(F)c(O)c(F)c1O. The van der Waals surface area contributed by atoms with Gasteiger partial charge in [-0.15, -0.1) is 0 Å². The zero-order valence-corrected chi connectivity index (χ0v) is 5.73. The third kappa shape index (κ3) is 1.11. The minimum atomic E-state index is -1.32. The molecule has 0 bridgehead atoms. The highest BCUT2D eigenvalue weighted by atomic mass is 19.1. The van der Waals surface area contributed by atoms with Crippen LogP contribution in [0.15, 0.2) is 6.07 Å². The van der Waals surface area contributed by atoms with Crippen molar-refractivity contribution >= 4 is 0 Å². The number of aryl methyl sites for hydroxylation is 1. The van der Waals surface area contributed by atoms with Crippen LogP contribution in [0.2, 0.25) is 0 Å². The fourth-order valence-corrected chi connectivity index (χ4v) is 0.717. The van der Waals surface area contributed by atoms with E-state index in [1.54, 1.807) is 0 Å². The quantitative estimate of drug-likeness (QED) is 0.606. The highest BCUT2D eigenvalue weighted by molar-refractivity contribution is 5.41. The van der Waals surface area contributed by atoms with Crippen molar-refractivity contribution in [1.29, 1.82) is 0 Å². The summed E-state index contributed by atoms with van der Waals surface area (Å²) in [6.07, 6.45) is 0. The van der Waals surface area contributed by atoms with Crippen molar-refractivity contribution in [3.05, 3.63) is 23.3 Å². The number of benzene rings is 1. The van der Waals surface area contributed by atoms with Gasteiger partial charge in [0.2, 0.25) is 5.82 Å². The summed E-state index contributed by atoms with van der Waals surface area (Å²) < 4.78 is 24.9. The van der Waals surface area contributed by atoms with Crippen LogP contribution in [0.1, 0.15) is 5.56 Å². The minimum absolute atomic E-state index is 0.0535. The Morgan fingerprint density at radius 3 is 2.27 bits per heavy atom. The van der Waals surface area contributed by atoms with E-state index in [2.05, 4.69) is 0 Å². The van der Waals surface area contributed by atoms with Gasteiger partial charge in [0.05, 0.1) is 0 Å². The number of phenols is 2.